The van der Waals surface area contributed by atoms with E-state index in [0.717, 1.165) is 25.7 Å². The van der Waals surface area contributed by atoms with Gasteiger partial charge < -0.3 is 19.7 Å². The van der Waals surface area contributed by atoms with Gasteiger partial charge in [0.2, 0.25) is 0 Å². The molecule has 0 aromatic carbocycles. The zero-order valence-corrected chi connectivity index (χ0v) is 13.6. The Morgan fingerprint density at radius 3 is 2.32 bits per heavy atom. The first-order valence-corrected chi connectivity index (χ1v) is 7.86. The van der Waals surface area contributed by atoms with Crippen LogP contribution >= 0.6 is 0 Å². The van der Waals surface area contributed by atoms with E-state index in [-0.39, 0.29) is 17.5 Å². The molecule has 124 valence electrons. The summed E-state index contributed by atoms with van der Waals surface area (Å²) < 4.78 is 10.1. The largest absolute Gasteiger partial charge is 0.383 e. The molecule has 0 aliphatic heterocycles. The summed E-state index contributed by atoms with van der Waals surface area (Å²) in [5.74, 6) is -0.283. The molecule has 0 atom stereocenters. The van der Waals surface area contributed by atoms with Gasteiger partial charge in [0.05, 0.1) is 13.2 Å². The summed E-state index contributed by atoms with van der Waals surface area (Å²) in [6.07, 6.45) is 7.13. The molecule has 6 nitrogen and oxygen atoms in total. The minimum atomic E-state index is -0.283. The van der Waals surface area contributed by atoms with Crippen LogP contribution in [0.5, 0.6) is 0 Å². The van der Waals surface area contributed by atoms with Crippen molar-refractivity contribution in [2.24, 2.45) is 0 Å². The number of nitriles is 1. The van der Waals surface area contributed by atoms with E-state index in [1.165, 1.54) is 6.42 Å². The summed E-state index contributed by atoms with van der Waals surface area (Å²) in [6, 6.07) is 2.20. The van der Waals surface area contributed by atoms with Crippen molar-refractivity contribution in [1.29, 1.82) is 5.26 Å². The molecular formula is C16H27N3O3. The van der Waals surface area contributed by atoms with Crippen molar-refractivity contribution in [2.75, 3.05) is 40.5 Å². The van der Waals surface area contributed by atoms with Crippen LogP contribution in [0.25, 0.3) is 0 Å². The summed E-state index contributed by atoms with van der Waals surface area (Å²) >= 11 is 0. The second-order valence-corrected chi connectivity index (χ2v) is 5.48. The molecule has 1 rings (SSSR count). The molecule has 1 aliphatic rings. The number of nitrogens with one attached hydrogen (secondary N) is 1. The highest BCUT2D eigenvalue weighted by atomic mass is 16.5. The molecule has 1 aliphatic carbocycles. The van der Waals surface area contributed by atoms with Crippen LogP contribution in [0.15, 0.2) is 11.8 Å². The van der Waals surface area contributed by atoms with Crippen LogP contribution in [0, 0.1) is 11.3 Å². The predicted octanol–water partition coefficient (Wildman–Crippen LogP) is 1.44. The van der Waals surface area contributed by atoms with Crippen LogP contribution in [0.1, 0.15) is 32.1 Å². The molecule has 6 heteroatoms. The average Bonchev–Trinajstić information content (AvgIpc) is 2.55. The van der Waals surface area contributed by atoms with Gasteiger partial charge in [-0.2, -0.15) is 5.26 Å². The Kier molecular flexibility index (Phi) is 9.28. The zero-order valence-electron chi connectivity index (χ0n) is 13.6. The van der Waals surface area contributed by atoms with Crippen molar-refractivity contribution in [2.45, 2.75) is 38.1 Å². The first-order chi connectivity index (χ1) is 10.7. The Morgan fingerprint density at radius 1 is 1.23 bits per heavy atom. The highest BCUT2D eigenvalue weighted by Crippen LogP contribution is 2.17. The third-order valence-corrected chi connectivity index (χ3v) is 3.78. The average molecular weight is 309 g/mol. The van der Waals surface area contributed by atoms with E-state index < -0.39 is 0 Å². The lowest BCUT2D eigenvalue weighted by Gasteiger charge is -2.23. The molecule has 0 aromatic rings. The molecule has 0 aromatic heterocycles. The Balaban J connectivity index is 2.62. The molecule has 0 spiro atoms. The van der Waals surface area contributed by atoms with Gasteiger partial charge in [0.25, 0.3) is 5.91 Å². The minimum absolute atomic E-state index is 0.137. The lowest BCUT2D eigenvalue weighted by atomic mass is 9.95. The molecule has 0 saturated heterocycles. The summed E-state index contributed by atoms with van der Waals surface area (Å²) in [4.78, 5) is 14.1. The van der Waals surface area contributed by atoms with Crippen molar-refractivity contribution in [1.82, 2.24) is 10.2 Å². The molecule has 0 unspecified atom stereocenters. The lowest BCUT2D eigenvalue weighted by Crippen LogP contribution is -2.37. The topological polar surface area (TPSA) is 74.6 Å². The Labute approximate surface area is 133 Å². The number of methoxy groups -OCH3 is 2. The number of hydrogen-bond acceptors (Lipinski definition) is 5. The summed E-state index contributed by atoms with van der Waals surface area (Å²) in [6.45, 7) is 2.29. The number of amides is 1. The maximum absolute atomic E-state index is 12.2. The fourth-order valence-electron chi connectivity index (χ4n) is 2.49. The third-order valence-electron chi connectivity index (χ3n) is 3.78. The van der Waals surface area contributed by atoms with E-state index in [4.69, 9.17) is 9.47 Å². The van der Waals surface area contributed by atoms with Gasteiger partial charge in [-0.1, -0.05) is 19.3 Å². The second kappa shape index (κ2) is 11.0. The van der Waals surface area contributed by atoms with Gasteiger partial charge in [-0.25, -0.2) is 0 Å². The van der Waals surface area contributed by atoms with Gasteiger partial charge in [0.15, 0.2) is 0 Å². The van der Waals surface area contributed by atoms with Crippen LogP contribution in [0.2, 0.25) is 0 Å². The Hall–Kier alpha value is -1.58. The maximum Gasteiger partial charge on any atom is 0.263 e. The van der Waals surface area contributed by atoms with Gasteiger partial charge in [-0.05, 0) is 12.8 Å². The number of nitrogens with zero attached hydrogens (tertiary/aromatic N) is 2. The molecule has 1 amide bonds. The molecular weight excluding hydrogens is 282 g/mol. The monoisotopic (exact) mass is 309 g/mol. The van der Waals surface area contributed by atoms with Crippen LogP contribution in [-0.4, -0.2) is 57.4 Å². The first-order valence-electron chi connectivity index (χ1n) is 7.86. The van der Waals surface area contributed by atoms with Gasteiger partial charge in [-0.3, -0.25) is 4.79 Å². The van der Waals surface area contributed by atoms with Crippen molar-refractivity contribution >= 4 is 5.91 Å². The molecule has 1 N–H and O–H groups in total. The van der Waals surface area contributed by atoms with Crippen LogP contribution < -0.4 is 5.32 Å². The second-order valence-electron chi connectivity index (χ2n) is 5.48. The lowest BCUT2D eigenvalue weighted by molar-refractivity contribution is -0.118. The van der Waals surface area contributed by atoms with Crippen LogP contribution in [0.3, 0.4) is 0 Å². The summed E-state index contributed by atoms with van der Waals surface area (Å²) in [7, 11) is 3.25. The fraction of sp³-hybridized carbons (Fsp3) is 0.750. The predicted molar refractivity (Wildman–Crippen MR) is 84.0 cm³/mol. The van der Waals surface area contributed by atoms with Crippen molar-refractivity contribution in [3.8, 4) is 6.07 Å². The minimum Gasteiger partial charge on any atom is -0.383 e. The molecule has 0 heterocycles. The Morgan fingerprint density at radius 2 is 1.82 bits per heavy atom. The smallest absolute Gasteiger partial charge is 0.263 e. The standard InChI is InChI=1S/C16H27N3O3/c1-21-10-8-19(9-11-22-2)13-14(12-17)16(20)18-15-6-4-3-5-7-15/h13,15H,3-11H2,1-2H3,(H,18,20)/b14-13-. The van der Waals surface area contributed by atoms with Gasteiger partial charge in [-0.15, -0.1) is 0 Å². The van der Waals surface area contributed by atoms with Gasteiger partial charge >= 0.3 is 0 Å². The molecule has 0 bridgehead atoms. The third kappa shape index (κ3) is 6.92. The van der Waals surface area contributed by atoms with Crippen molar-refractivity contribution in [3.63, 3.8) is 0 Å². The molecule has 1 fully saturated rings. The quantitative estimate of drug-likeness (QED) is 0.515. The van der Waals surface area contributed by atoms with E-state index in [1.54, 1.807) is 20.4 Å². The maximum atomic E-state index is 12.2. The fourth-order valence-corrected chi connectivity index (χ4v) is 2.49. The van der Waals surface area contributed by atoms with Crippen LogP contribution in [0.4, 0.5) is 0 Å². The summed E-state index contributed by atoms with van der Waals surface area (Å²) in [5.41, 5.74) is 0.137. The van der Waals surface area contributed by atoms with Gasteiger partial charge in [0.1, 0.15) is 11.6 Å². The number of hydrogen-bond donors (Lipinski definition) is 1. The first kappa shape index (κ1) is 18.5. The van der Waals surface area contributed by atoms with E-state index >= 15 is 0 Å². The number of carbonyl (C=O) groups is 1. The van der Waals surface area contributed by atoms with Crippen molar-refractivity contribution in [3.05, 3.63) is 11.8 Å². The van der Waals surface area contributed by atoms with Crippen molar-refractivity contribution < 1.29 is 14.3 Å². The molecule has 22 heavy (non-hydrogen) atoms. The van der Waals surface area contributed by atoms with E-state index in [1.807, 2.05) is 11.0 Å². The zero-order chi connectivity index (χ0) is 16.2. The van der Waals surface area contributed by atoms with Crippen LogP contribution in [-0.2, 0) is 14.3 Å². The number of rotatable bonds is 9. The van der Waals surface area contributed by atoms with E-state index in [0.29, 0.717) is 26.3 Å². The van der Waals surface area contributed by atoms with E-state index in [2.05, 4.69) is 5.32 Å². The number of ether oxygens (including phenoxy) is 2. The molecule has 0 radical (unpaired) electrons. The highest BCUT2D eigenvalue weighted by molar-refractivity contribution is 5.97. The summed E-state index contributed by atoms with van der Waals surface area (Å²) in [5, 5.41) is 12.2. The highest BCUT2D eigenvalue weighted by Gasteiger charge is 2.18. The normalized spacial score (nSPS) is 16.1. The molecule has 1 saturated carbocycles. The Bertz CT molecular complexity index is 390. The number of carbonyl (C=O) groups excluding carboxylic acids is 1. The SMILES string of the molecule is COCCN(/C=C(/C#N)C(=O)NC1CCCCC1)CCOC. The van der Waals surface area contributed by atoms with E-state index in [9.17, 15) is 10.1 Å². The van der Waals surface area contributed by atoms with Gasteiger partial charge in [0, 0.05) is 39.6 Å².